The van der Waals surface area contributed by atoms with Crippen LogP contribution < -0.4 is 12.4 Å². The van der Waals surface area contributed by atoms with Gasteiger partial charge in [-0.15, -0.1) is 0 Å². The summed E-state index contributed by atoms with van der Waals surface area (Å²) in [6, 6.07) is 0. The third kappa shape index (κ3) is 27.6. The summed E-state index contributed by atoms with van der Waals surface area (Å²) in [5.41, 5.74) is 0. The predicted molar refractivity (Wildman–Crippen MR) is 22.5 cm³/mol. The number of hydrogen-bond donors (Lipinski definition) is 0. The first kappa shape index (κ1) is 30.2. The van der Waals surface area contributed by atoms with Crippen molar-refractivity contribution in [3.63, 3.8) is 0 Å². The molecule has 0 N–H and O–H groups in total. The molecule has 0 aromatic heterocycles. The van der Waals surface area contributed by atoms with E-state index in [9.17, 15) is 0 Å². The maximum atomic E-state index is 3.25. The fourth-order valence-corrected chi connectivity index (χ4v) is 0. The molecule has 0 nitrogen and oxygen atoms in total. The summed E-state index contributed by atoms with van der Waals surface area (Å²) in [7, 11) is 0. The summed E-state index contributed by atoms with van der Waals surface area (Å²) in [4.78, 5) is 0. The third-order valence-corrected chi connectivity index (χ3v) is 0. The van der Waals surface area contributed by atoms with Crippen LogP contribution in [-0.4, -0.2) is 41.9 Å². The molecule has 0 bridgehead atoms. The summed E-state index contributed by atoms with van der Waals surface area (Å²) >= 11 is 0. The Morgan fingerprint density at radius 2 is 1.20 bits per heavy atom. The van der Waals surface area contributed by atoms with Gasteiger partial charge in [-0.05, 0) is 0 Å². The van der Waals surface area contributed by atoms with Gasteiger partial charge in [0.1, 0.15) is 0 Å². The zero-order chi connectivity index (χ0) is 2.00. The van der Waals surface area contributed by atoms with Crippen molar-refractivity contribution in [2.24, 2.45) is 0 Å². The van der Waals surface area contributed by atoms with Crippen molar-refractivity contribution in [3.05, 3.63) is 6.92 Å². The molecule has 0 atom stereocenters. The molecule has 0 aliphatic carbocycles. The SMILES string of the molecule is [CH2-]C.[Cl-].[Li].[Mg+2]. The van der Waals surface area contributed by atoms with Crippen LogP contribution in [0.4, 0.5) is 0 Å². The van der Waals surface area contributed by atoms with Crippen LogP contribution in [0.3, 0.4) is 0 Å². The second kappa shape index (κ2) is 44.8. The molecule has 0 rings (SSSR count). The number of hydrogen-bond acceptors (Lipinski definition) is 0. The molecule has 5 heavy (non-hydrogen) atoms. The fourth-order valence-electron chi connectivity index (χ4n) is 0. The molecule has 0 aliphatic rings. The maximum Gasteiger partial charge on any atom is 2.00 e. The van der Waals surface area contributed by atoms with Gasteiger partial charge in [-0.3, -0.25) is 0 Å². The Labute approximate surface area is 67.8 Å². The molecule has 0 saturated carbocycles. The molecule has 0 aliphatic heterocycles. The van der Waals surface area contributed by atoms with Crippen molar-refractivity contribution >= 4 is 41.9 Å². The van der Waals surface area contributed by atoms with Gasteiger partial charge in [-0.25, -0.2) is 0 Å². The van der Waals surface area contributed by atoms with Crippen molar-refractivity contribution in [2.75, 3.05) is 0 Å². The van der Waals surface area contributed by atoms with Crippen molar-refractivity contribution in [1.82, 2.24) is 0 Å². The molecule has 0 unspecified atom stereocenters. The van der Waals surface area contributed by atoms with E-state index >= 15 is 0 Å². The summed E-state index contributed by atoms with van der Waals surface area (Å²) in [6.45, 7) is 5.00. The Kier molecular flexibility index (Phi) is 270. The van der Waals surface area contributed by atoms with Gasteiger partial charge in [0.15, 0.2) is 0 Å². The van der Waals surface area contributed by atoms with Crippen LogP contribution in [0, 0.1) is 6.92 Å². The van der Waals surface area contributed by atoms with Crippen LogP contribution in [-0.2, 0) is 0 Å². The summed E-state index contributed by atoms with van der Waals surface area (Å²) in [5.74, 6) is 0. The average molecular weight is 95.8 g/mol. The Balaban J connectivity index is -0.00000000167. The van der Waals surface area contributed by atoms with Crippen LogP contribution in [0.5, 0.6) is 0 Å². The molecular weight excluding hydrogens is 90.7 g/mol. The van der Waals surface area contributed by atoms with E-state index in [0.717, 1.165) is 0 Å². The standard InChI is InChI=1S/C2H5.ClH.Li.Mg/c1-2;;;/h1H2,2H3;1H;;/q-1;;;+2/p-1. The van der Waals surface area contributed by atoms with Gasteiger partial charge >= 0.3 is 23.1 Å². The van der Waals surface area contributed by atoms with E-state index in [1.54, 1.807) is 6.92 Å². The minimum atomic E-state index is 0. The molecule has 0 saturated heterocycles. The van der Waals surface area contributed by atoms with E-state index in [2.05, 4.69) is 6.92 Å². The molecular formula is C2H5ClLiMg. The van der Waals surface area contributed by atoms with Gasteiger partial charge in [-0.2, -0.15) is 6.92 Å². The Bertz CT molecular complexity index is 9.61. The molecule has 23 valence electrons. The van der Waals surface area contributed by atoms with E-state index in [4.69, 9.17) is 0 Å². The zero-order valence-corrected chi connectivity index (χ0v) is 5.96. The molecule has 0 amide bonds. The van der Waals surface area contributed by atoms with E-state index in [1.165, 1.54) is 0 Å². The summed E-state index contributed by atoms with van der Waals surface area (Å²) in [5, 5.41) is 0. The first-order valence-electron chi connectivity index (χ1n) is 0.707. The van der Waals surface area contributed by atoms with Crippen molar-refractivity contribution in [1.29, 1.82) is 0 Å². The minimum absolute atomic E-state index is 0. The fraction of sp³-hybridized carbons (Fsp3) is 0.500. The quantitative estimate of drug-likeness (QED) is 0.224. The van der Waals surface area contributed by atoms with Crippen LogP contribution in [0.15, 0.2) is 0 Å². The van der Waals surface area contributed by atoms with Gasteiger partial charge in [0.2, 0.25) is 0 Å². The van der Waals surface area contributed by atoms with Crippen LogP contribution in [0.25, 0.3) is 0 Å². The van der Waals surface area contributed by atoms with Gasteiger partial charge < -0.3 is 19.3 Å². The minimum Gasteiger partial charge on any atom is -1.00 e. The third-order valence-electron chi connectivity index (χ3n) is 0. The van der Waals surface area contributed by atoms with Crippen molar-refractivity contribution < 1.29 is 12.4 Å². The number of rotatable bonds is 0. The van der Waals surface area contributed by atoms with Gasteiger partial charge in [0.25, 0.3) is 0 Å². The smallest absolute Gasteiger partial charge is 1.00 e. The average Bonchev–Trinajstić information content (AvgIpc) is 1.00. The molecule has 3 heteroatoms. The van der Waals surface area contributed by atoms with E-state index in [-0.39, 0.29) is 54.3 Å². The summed E-state index contributed by atoms with van der Waals surface area (Å²) < 4.78 is 0. The molecule has 0 aromatic rings. The first-order valence-corrected chi connectivity index (χ1v) is 0.707. The van der Waals surface area contributed by atoms with Gasteiger partial charge in [-0.1, -0.05) is 0 Å². The first-order chi connectivity index (χ1) is 1.00. The maximum absolute atomic E-state index is 3.25. The van der Waals surface area contributed by atoms with Crippen LogP contribution in [0.1, 0.15) is 6.92 Å². The van der Waals surface area contributed by atoms with Crippen LogP contribution in [0.2, 0.25) is 0 Å². The van der Waals surface area contributed by atoms with Crippen molar-refractivity contribution in [2.45, 2.75) is 6.92 Å². The molecule has 0 heterocycles. The van der Waals surface area contributed by atoms with Crippen molar-refractivity contribution in [3.8, 4) is 0 Å². The van der Waals surface area contributed by atoms with Crippen LogP contribution >= 0.6 is 0 Å². The van der Waals surface area contributed by atoms with E-state index < -0.39 is 0 Å². The second-order valence-corrected chi connectivity index (χ2v) is 0. The molecule has 0 aromatic carbocycles. The molecule has 0 fully saturated rings. The van der Waals surface area contributed by atoms with Gasteiger partial charge in [0, 0.05) is 18.9 Å². The topological polar surface area (TPSA) is 0 Å². The monoisotopic (exact) mass is 95.0 g/mol. The zero-order valence-electron chi connectivity index (χ0n) is 3.79. The Morgan fingerprint density at radius 1 is 1.20 bits per heavy atom. The van der Waals surface area contributed by atoms with E-state index in [1.807, 2.05) is 0 Å². The van der Waals surface area contributed by atoms with E-state index in [0.29, 0.717) is 0 Å². The second-order valence-electron chi connectivity index (χ2n) is 0. The predicted octanol–water partition coefficient (Wildman–Crippen LogP) is -2.92. The number of halogens is 1. The molecule has 0 spiro atoms. The Hall–Kier alpha value is 1.65. The largest absolute Gasteiger partial charge is 2.00 e. The van der Waals surface area contributed by atoms with Gasteiger partial charge in [0.05, 0.1) is 0 Å². The normalized spacial score (nSPS) is 1.20. The molecule has 1 radical (unpaired) electrons. The Morgan fingerprint density at radius 3 is 1.20 bits per heavy atom. The summed E-state index contributed by atoms with van der Waals surface area (Å²) in [6.07, 6.45) is 0.